The predicted molar refractivity (Wildman–Crippen MR) is 145 cm³/mol. The fourth-order valence-corrected chi connectivity index (χ4v) is 4.47. The number of imidazole rings is 1. The lowest BCUT2D eigenvalue weighted by Gasteiger charge is -2.27. The van der Waals surface area contributed by atoms with Gasteiger partial charge in [-0.15, -0.1) is 24.8 Å². The Labute approximate surface area is 225 Å². The Hall–Kier alpha value is -2.45. The second kappa shape index (κ2) is 13.7. The topological polar surface area (TPSA) is 61.6 Å². The van der Waals surface area contributed by atoms with Crippen LogP contribution in [0.15, 0.2) is 55.0 Å². The molecule has 1 atom stereocenters. The molecule has 1 saturated heterocycles. The van der Waals surface area contributed by atoms with E-state index < -0.39 is 6.04 Å². The molecule has 1 aliphatic heterocycles. The van der Waals surface area contributed by atoms with Crippen LogP contribution in [0.2, 0.25) is 0 Å². The summed E-state index contributed by atoms with van der Waals surface area (Å²) in [5, 5.41) is 9.74. The molecule has 0 bridgehead atoms. The van der Waals surface area contributed by atoms with Gasteiger partial charge in [0, 0.05) is 31.9 Å². The van der Waals surface area contributed by atoms with Crippen LogP contribution in [0, 0.1) is 5.82 Å². The maximum absolute atomic E-state index is 14.9. The van der Waals surface area contributed by atoms with Gasteiger partial charge in [0.25, 0.3) is 5.91 Å². The summed E-state index contributed by atoms with van der Waals surface area (Å²) in [7, 11) is 1.80. The van der Waals surface area contributed by atoms with Gasteiger partial charge >= 0.3 is 0 Å². The van der Waals surface area contributed by atoms with Crippen LogP contribution in [0.1, 0.15) is 41.4 Å². The third kappa shape index (κ3) is 7.29. The van der Waals surface area contributed by atoms with E-state index in [0.717, 1.165) is 37.2 Å². The molecule has 1 fully saturated rings. The maximum Gasteiger partial charge on any atom is 0.274 e. The summed E-state index contributed by atoms with van der Waals surface area (Å²) >= 11 is 0. The third-order valence-corrected chi connectivity index (χ3v) is 6.52. The second-order valence-corrected chi connectivity index (χ2v) is 9.20. The third-order valence-electron chi connectivity index (χ3n) is 6.52. The van der Waals surface area contributed by atoms with Crippen LogP contribution in [-0.2, 0) is 20.0 Å². The number of nitrogens with zero attached hydrogens (tertiary/aromatic N) is 4. The van der Waals surface area contributed by atoms with Crippen molar-refractivity contribution in [2.75, 3.05) is 26.2 Å². The molecule has 0 aliphatic carbocycles. The van der Waals surface area contributed by atoms with Gasteiger partial charge in [-0.2, -0.15) is 0 Å². The molecule has 9 heteroatoms. The number of hydrogen-bond donors (Lipinski definition) is 1. The summed E-state index contributed by atoms with van der Waals surface area (Å²) in [4.78, 5) is 21.3. The number of likely N-dealkylation sites (tertiary alicyclic amines) is 1. The van der Waals surface area contributed by atoms with Gasteiger partial charge < -0.3 is 19.5 Å². The average Bonchev–Trinajstić information content (AvgIpc) is 3.53. The van der Waals surface area contributed by atoms with Crippen molar-refractivity contribution in [1.29, 1.82) is 0 Å². The number of aromatic nitrogens is 2. The second-order valence-electron chi connectivity index (χ2n) is 9.20. The number of rotatable bonds is 9. The minimum absolute atomic E-state index is 0. The summed E-state index contributed by atoms with van der Waals surface area (Å²) in [6.45, 7) is 5.21. The lowest BCUT2D eigenvalue weighted by Crippen LogP contribution is -2.40. The number of hydrogen-bond acceptors (Lipinski definition) is 4. The fourth-order valence-electron chi connectivity index (χ4n) is 4.47. The Morgan fingerprint density at radius 3 is 2.56 bits per heavy atom. The molecule has 1 amide bonds. The van der Waals surface area contributed by atoms with Crippen molar-refractivity contribution in [3.8, 4) is 11.1 Å². The van der Waals surface area contributed by atoms with Crippen LogP contribution in [0.25, 0.3) is 11.1 Å². The molecule has 196 valence electrons. The molecule has 2 aromatic carbocycles. The van der Waals surface area contributed by atoms with Crippen molar-refractivity contribution < 1.29 is 14.3 Å². The van der Waals surface area contributed by atoms with E-state index in [-0.39, 0.29) is 49.7 Å². The van der Waals surface area contributed by atoms with Crippen molar-refractivity contribution >= 4 is 30.7 Å². The van der Waals surface area contributed by atoms with Gasteiger partial charge in [-0.05, 0) is 68.1 Å². The van der Waals surface area contributed by atoms with Gasteiger partial charge in [0.15, 0.2) is 0 Å². The van der Waals surface area contributed by atoms with Gasteiger partial charge in [0.05, 0.1) is 19.0 Å². The molecular formula is C27H35Cl2FN4O2. The molecule has 0 radical (unpaired) electrons. The van der Waals surface area contributed by atoms with Gasteiger partial charge in [0.2, 0.25) is 0 Å². The van der Waals surface area contributed by atoms with Gasteiger partial charge in [0.1, 0.15) is 11.5 Å². The van der Waals surface area contributed by atoms with Crippen LogP contribution in [0.3, 0.4) is 0 Å². The molecule has 0 unspecified atom stereocenters. The Morgan fingerprint density at radius 2 is 1.89 bits per heavy atom. The summed E-state index contributed by atoms with van der Waals surface area (Å²) < 4.78 is 16.6. The Kier molecular flexibility index (Phi) is 11.4. The van der Waals surface area contributed by atoms with Crippen LogP contribution >= 0.6 is 24.8 Å². The van der Waals surface area contributed by atoms with Crippen molar-refractivity contribution in [3.63, 3.8) is 0 Å². The molecule has 0 saturated carbocycles. The normalized spacial score (nSPS) is 14.1. The molecule has 3 aromatic rings. The SMILES string of the molecule is C[C@@H](CO)N(Cc1ccc(F)c(-c2cccc(CCN3CCCC3)c2)c1)C(=O)c1cn(C)cn1.Cl.Cl. The van der Waals surface area contributed by atoms with Gasteiger partial charge in [-0.1, -0.05) is 30.3 Å². The Morgan fingerprint density at radius 1 is 1.14 bits per heavy atom. The number of aliphatic hydroxyl groups is 1. The fraction of sp³-hybridized carbons (Fsp3) is 0.407. The average molecular weight is 538 g/mol. The molecular weight excluding hydrogens is 502 g/mol. The zero-order chi connectivity index (χ0) is 24.1. The molecule has 1 aromatic heterocycles. The number of amides is 1. The first-order valence-corrected chi connectivity index (χ1v) is 11.9. The Balaban J connectivity index is 0.00000228. The number of carbonyl (C=O) groups excluding carboxylic acids is 1. The number of benzene rings is 2. The molecule has 1 N–H and O–H groups in total. The first-order chi connectivity index (χ1) is 16.4. The highest BCUT2D eigenvalue weighted by Gasteiger charge is 2.23. The van der Waals surface area contributed by atoms with Crippen molar-refractivity contribution in [1.82, 2.24) is 19.4 Å². The van der Waals surface area contributed by atoms with Gasteiger partial charge in [-0.25, -0.2) is 9.37 Å². The Bertz CT molecular complexity index is 1130. The maximum atomic E-state index is 14.9. The minimum Gasteiger partial charge on any atom is -0.394 e. The van der Waals surface area contributed by atoms with E-state index in [9.17, 15) is 14.3 Å². The van der Waals surface area contributed by atoms with Crippen LogP contribution in [-0.4, -0.2) is 62.6 Å². The predicted octanol–water partition coefficient (Wildman–Crippen LogP) is 4.73. The smallest absolute Gasteiger partial charge is 0.274 e. The summed E-state index contributed by atoms with van der Waals surface area (Å²) in [6, 6.07) is 12.6. The summed E-state index contributed by atoms with van der Waals surface area (Å²) in [5.41, 5.74) is 3.65. The van der Waals surface area contributed by atoms with Gasteiger partial charge in [-0.3, -0.25) is 4.79 Å². The number of carbonyl (C=O) groups is 1. The largest absolute Gasteiger partial charge is 0.394 e. The highest BCUT2D eigenvalue weighted by molar-refractivity contribution is 5.92. The molecule has 6 nitrogen and oxygen atoms in total. The zero-order valence-corrected chi connectivity index (χ0v) is 22.4. The first-order valence-electron chi connectivity index (χ1n) is 11.9. The van der Waals surface area contributed by atoms with E-state index in [0.29, 0.717) is 11.3 Å². The van der Waals surface area contributed by atoms with E-state index in [2.05, 4.69) is 22.0 Å². The molecule has 1 aliphatic rings. The van der Waals surface area contributed by atoms with E-state index in [4.69, 9.17) is 0 Å². The van der Waals surface area contributed by atoms with E-state index >= 15 is 0 Å². The minimum atomic E-state index is -0.406. The number of aryl methyl sites for hydroxylation is 1. The van der Waals surface area contributed by atoms with Crippen molar-refractivity contribution in [2.45, 2.75) is 38.8 Å². The van der Waals surface area contributed by atoms with E-state index in [1.807, 2.05) is 12.1 Å². The lowest BCUT2D eigenvalue weighted by molar-refractivity contribution is 0.0593. The number of halogens is 3. The highest BCUT2D eigenvalue weighted by Crippen LogP contribution is 2.26. The van der Waals surface area contributed by atoms with Crippen LogP contribution in [0.5, 0.6) is 0 Å². The summed E-state index contributed by atoms with van der Waals surface area (Å²) in [5.74, 6) is -0.560. The van der Waals surface area contributed by atoms with E-state index in [1.54, 1.807) is 48.1 Å². The van der Waals surface area contributed by atoms with Crippen LogP contribution < -0.4 is 0 Å². The quantitative estimate of drug-likeness (QED) is 0.429. The van der Waals surface area contributed by atoms with Crippen LogP contribution in [0.4, 0.5) is 4.39 Å². The standard InChI is InChI=1S/C27H33FN4O2.2ClH/c1-20(18-33)32(27(34)26-17-30(2)19-29-26)16-22-8-9-25(28)24(15-22)23-7-5-6-21(14-23)10-13-31-11-3-4-12-31;;/h5-9,14-15,17,19-20,33H,3-4,10-13,16,18H2,1-2H3;2*1H/t20-;;/m0../s1. The lowest BCUT2D eigenvalue weighted by atomic mass is 9.99. The van der Waals surface area contributed by atoms with Crippen molar-refractivity contribution in [2.24, 2.45) is 7.05 Å². The molecule has 2 heterocycles. The zero-order valence-electron chi connectivity index (χ0n) is 20.8. The molecule has 36 heavy (non-hydrogen) atoms. The first kappa shape index (κ1) is 29.8. The number of aliphatic hydroxyl groups excluding tert-OH is 1. The molecule has 4 rings (SSSR count). The monoisotopic (exact) mass is 536 g/mol. The highest BCUT2D eigenvalue weighted by atomic mass is 35.5. The molecule has 0 spiro atoms. The summed E-state index contributed by atoms with van der Waals surface area (Å²) in [6.07, 6.45) is 6.71. The van der Waals surface area contributed by atoms with Crippen molar-refractivity contribution in [3.05, 3.63) is 77.6 Å². The van der Waals surface area contributed by atoms with E-state index in [1.165, 1.54) is 24.5 Å².